The summed E-state index contributed by atoms with van der Waals surface area (Å²) in [5, 5.41) is 0. The van der Waals surface area contributed by atoms with Crippen LogP contribution >= 0.6 is 0 Å². The Hall–Kier alpha value is -3.58. The van der Waals surface area contributed by atoms with Gasteiger partial charge in [-0.1, -0.05) is 18.2 Å². The first kappa shape index (κ1) is 21.6. The number of para-hydroxylation sites is 1. The zero-order valence-electron chi connectivity index (χ0n) is 18.8. The van der Waals surface area contributed by atoms with Crippen LogP contribution in [0, 0.1) is 6.92 Å². The van der Waals surface area contributed by atoms with Crippen LogP contribution in [0.2, 0.25) is 0 Å². The van der Waals surface area contributed by atoms with E-state index in [0.717, 1.165) is 22.6 Å². The molecule has 1 aliphatic heterocycles. The Morgan fingerprint density at radius 2 is 1.81 bits per heavy atom. The van der Waals surface area contributed by atoms with Crippen molar-refractivity contribution in [1.29, 1.82) is 0 Å². The van der Waals surface area contributed by atoms with Crippen molar-refractivity contribution >= 4 is 23.2 Å². The van der Waals surface area contributed by atoms with Gasteiger partial charge in [0.05, 0.1) is 25.3 Å². The molecule has 1 aliphatic rings. The van der Waals surface area contributed by atoms with E-state index in [-0.39, 0.29) is 24.7 Å². The van der Waals surface area contributed by atoms with Crippen molar-refractivity contribution in [2.24, 2.45) is 0 Å². The SMILES string of the molecule is CCOc1ccc(-c2nc(C(=O)CN(C)C)c3c(n2)N(c2ccccc2C)C(=O)C3)cc1. The zero-order valence-corrected chi connectivity index (χ0v) is 18.8. The number of ether oxygens (including phenoxy) is 1. The molecule has 0 bridgehead atoms. The molecule has 1 amide bonds. The smallest absolute Gasteiger partial charge is 0.237 e. The summed E-state index contributed by atoms with van der Waals surface area (Å²) in [6.45, 7) is 4.65. The molecular weight excluding hydrogens is 404 g/mol. The molecule has 7 nitrogen and oxygen atoms in total. The molecule has 0 saturated carbocycles. The molecule has 0 atom stereocenters. The highest BCUT2D eigenvalue weighted by atomic mass is 16.5. The summed E-state index contributed by atoms with van der Waals surface area (Å²) in [5.41, 5.74) is 3.35. The van der Waals surface area contributed by atoms with Crippen LogP contribution in [0.15, 0.2) is 48.5 Å². The largest absolute Gasteiger partial charge is 0.494 e. The predicted octanol–water partition coefficient (Wildman–Crippen LogP) is 3.82. The predicted molar refractivity (Wildman–Crippen MR) is 124 cm³/mol. The highest BCUT2D eigenvalue weighted by Gasteiger charge is 2.36. The highest BCUT2D eigenvalue weighted by Crippen LogP contribution is 2.38. The molecule has 2 heterocycles. The Kier molecular flexibility index (Phi) is 6.01. The average molecular weight is 431 g/mol. The number of ketones is 1. The molecule has 2 aromatic carbocycles. The average Bonchev–Trinajstić information content (AvgIpc) is 3.09. The van der Waals surface area contributed by atoms with Crippen molar-refractivity contribution in [3.05, 3.63) is 65.4 Å². The van der Waals surface area contributed by atoms with Gasteiger partial charge < -0.3 is 9.64 Å². The molecule has 0 unspecified atom stereocenters. The topological polar surface area (TPSA) is 75.6 Å². The third-order valence-electron chi connectivity index (χ3n) is 5.28. The first-order valence-electron chi connectivity index (χ1n) is 10.6. The number of aromatic nitrogens is 2. The van der Waals surface area contributed by atoms with Crippen molar-refractivity contribution in [1.82, 2.24) is 14.9 Å². The first-order valence-corrected chi connectivity index (χ1v) is 10.6. The number of carbonyl (C=O) groups is 2. The summed E-state index contributed by atoms with van der Waals surface area (Å²) in [6, 6.07) is 15.1. The lowest BCUT2D eigenvalue weighted by Crippen LogP contribution is -2.24. The number of carbonyl (C=O) groups excluding carboxylic acids is 2. The molecule has 7 heteroatoms. The number of likely N-dealkylation sites (N-methyl/N-ethyl adjacent to an activating group) is 1. The summed E-state index contributed by atoms with van der Waals surface area (Å²) in [6.07, 6.45) is 0.0989. The molecule has 32 heavy (non-hydrogen) atoms. The summed E-state index contributed by atoms with van der Waals surface area (Å²) >= 11 is 0. The maximum Gasteiger partial charge on any atom is 0.237 e. The number of hydrogen-bond acceptors (Lipinski definition) is 6. The standard InChI is InChI=1S/C25H26N4O3/c1-5-32-18-12-10-17(11-13-18)24-26-23(21(30)15-28(3)4)19-14-22(31)29(25(19)27-24)20-9-7-6-8-16(20)2/h6-13H,5,14-15H2,1-4H3. The van der Waals surface area contributed by atoms with E-state index in [1.54, 1.807) is 9.80 Å². The Bertz CT molecular complexity index is 1170. The zero-order chi connectivity index (χ0) is 22.8. The molecule has 4 rings (SSSR count). The van der Waals surface area contributed by atoms with Gasteiger partial charge in [-0.15, -0.1) is 0 Å². The van der Waals surface area contributed by atoms with Crippen LogP contribution in [0.3, 0.4) is 0 Å². The lowest BCUT2D eigenvalue weighted by atomic mass is 10.1. The molecular formula is C25H26N4O3. The minimum Gasteiger partial charge on any atom is -0.494 e. The number of Topliss-reactive ketones (excluding diaryl/α,β-unsaturated/α-hetero) is 1. The molecule has 3 aromatic rings. The number of nitrogens with zero attached hydrogens (tertiary/aromatic N) is 4. The second-order valence-corrected chi connectivity index (χ2v) is 8.01. The normalized spacial score (nSPS) is 12.9. The molecule has 0 saturated heterocycles. The number of anilines is 2. The summed E-state index contributed by atoms with van der Waals surface area (Å²) in [7, 11) is 3.66. The van der Waals surface area contributed by atoms with Crippen molar-refractivity contribution < 1.29 is 14.3 Å². The van der Waals surface area contributed by atoms with E-state index in [4.69, 9.17) is 9.72 Å². The van der Waals surface area contributed by atoms with Crippen molar-refractivity contribution in [2.75, 3.05) is 32.1 Å². The molecule has 0 fully saturated rings. The highest BCUT2D eigenvalue weighted by molar-refractivity contribution is 6.10. The van der Waals surface area contributed by atoms with E-state index in [1.165, 1.54) is 0 Å². The van der Waals surface area contributed by atoms with Crippen LogP contribution in [-0.4, -0.2) is 53.8 Å². The van der Waals surface area contributed by atoms with E-state index in [2.05, 4.69) is 4.98 Å². The van der Waals surface area contributed by atoms with Gasteiger partial charge in [0.2, 0.25) is 5.91 Å². The Labute approximate surface area is 187 Å². The number of amides is 1. The molecule has 0 spiro atoms. The van der Waals surface area contributed by atoms with Crippen LogP contribution in [0.25, 0.3) is 11.4 Å². The number of aryl methyl sites for hydroxylation is 1. The van der Waals surface area contributed by atoms with Crippen LogP contribution < -0.4 is 9.64 Å². The van der Waals surface area contributed by atoms with E-state index >= 15 is 0 Å². The van der Waals surface area contributed by atoms with Gasteiger partial charge >= 0.3 is 0 Å². The van der Waals surface area contributed by atoms with Gasteiger partial charge in [0, 0.05) is 11.1 Å². The van der Waals surface area contributed by atoms with E-state index in [1.807, 2.05) is 76.5 Å². The number of fused-ring (bicyclic) bond motifs is 1. The van der Waals surface area contributed by atoms with Crippen molar-refractivity contribution in [2.45, 2.75) is 20.3 Å². The first-order chi connectivity index (χ1) is 15.4. The monoisotopic (exact) mass is 430 g/mol. The number of hydrogen-bond donors (Lipinski definition) is 0. The molecule has 0 radical (unpaired) electrons. The van der Waals surface area contributed by atoms with Crippen LogP contribution in [0.1, 0.15) is 28.5 Å². The van der Waals surface area contributed by atoms with Crippen molar-refractivity contribution in [3.63, 3.8) is 0 Å². The second-order valence-electron chi connectivity index (χ2n) is 8.01. The lowest BCUT2D eigenvalue weighted by Gasteiger charge is -2.20. The van der Waals surface area contributed by atoms with Crippen LogP contribution in [0.5, 0.6) is 5.75 Å². The maximum absolute atomic E-state index is 13.1. The Morgan fingerprint density at radius 1 is 1.09 bits per heavy atom. The molecule has 164 valence electrons. The Balaban J connectivity index is 1.87. The van der Waals surface area contributed by atoms with E-state index < -0.39 is 0 Å². The fraction of sp³-hybridized carbons (Fsp3) is 0.280. The van der Waals surface area contributed by atoms with E-state index in [0.29, 0.717) is 29.5 Å². The van der Waals surface area contributed by atoms with Gasteiger partial charge in [-0.05, 0) is 63.8 Å². The molecule has 1 aromatic heterocycles. The quantitative estimate of drug-likeness (QED) is 0.531. The summed E-state index contributed by atoms with van der Waals surface area (Å²) in [5.74, 6) is 1.37. The fourth-order valence-electron chi connectivity index (χ4n) is 3.82. The molecule has 0 N–H and O–H groups in total. The van der Waals surface area contributed by atoms with E-state index in [9.17, 15) is 9.59 Å². The van der Waals surface area contributed by atoms with Crippen molar-refractivity contribution in [3.8, 4) is 17.1 Å². The molecule has 0 aliphatic carbocycles. The minimum atomic E-state index is -0.139. The number of rotatable bonds is 7. The third kappa shape index (κ3) is 4.11. The van der Waals surface area contributed by atoms with Gasteiger partial charge in [0.1, 0.15) is 17.3 Å². The van der Waals surface area contributed by atoms with Crippen LogP contribution in [-0.2, 0) is 11.2 Å². The second kappa shape index (κ2) is 8.88. The summed E-state index contributed by atoms with van der Waals surface area (Å²) in [4.78, 5) is 38.9. The van der Waals surface area contributed by atoms with Gasteiger partial charge in [-0.3, -0.25) is 14.5 Å². The van der Waals surface area contributed by atoms with Gasteiger partial charge in [-0.25, -0.2) is 9.97 Å². The Morgan fingerprint density at radius 3 is 2.47 bits per heavy atom. The van der Waals surface area contributed by atoms with Gasteiger partial charge in [0.15, 0.2) is 11.6 Å². The lowest BCUT2D eigenvalue weighted by molar-refractivity contribution is -0.116. The minimum absolute atomic E-state index is 0.0989. The van der Waals surface area contributed by atoms with Gasteiger partial charge in [0.25, 0.3) is 0 Å². The fourth-order valence-corrected chi connectivity index (χ4v) is 3.82. The maximum atomic E-state index is 13.1. The summed E-state index contributed by atoms with van der Waals surface area (Å²) < 4.78 is 5.53. The van der Waals surface area contributed by atoms with Gasteiger partial charge in [-0.2, -0.15) is 0 Å². The van der Waals surface area contributed by atoms with Crippen LogP contribution in [0.4, 0.5) is 11.5 Å². The number of benzene rings is 2. The third-order valence-corrected chi connectivity index (χ3v) is 5.28.